The Morgan fingerprint density at radius 3 is 2.39 bits per heavy atom. The van der Waals surface area contributed by atoms with Crippen molar-refractivity contribution in [1.29, 1.82) is 0 Å². The van der Waals surface area contributed by atoms with Gasteiger partial charge in [0.2, 0.25) is 5.91 Å². The molecule has 1 N–H and O–H groups in total. The van der Waals surface area contributed by atoms with Gasteiger partial charge in [-0.3, -0.25) is 9.59 Å². The lowest BCUT2D eigenvalue weighted by Gasteiger charge is -2.39. The number of hydrogen-bond donors (Lipinski definition) is 1. The van der Waals surface area contributed by atoms with Gasteiger partial charge in [0.05, 0.1) is 19.3 Å². The summed E-state index contributed by atoms with van der Waals surface area (Å²) in [5.74, 6) is 0.891. The highest BCUT2D eigenvalue weighted by molar-refractivity contribution is 5.95. The second-order valence-electron chi connectivity index (χ2n) is 9.65. The van der Waals surface area contributed by atoms with Crippen molar-refractivity contribution in [2.75, 3.05) is 36.5 Å². The lowest BCUT2D eigenvalue weighted by molar-refractivity contribution is -0.117. The van der Waals surface area contributed by atoms with Gasteiger partial charge in [0, 0.05) is 43.5 Å². The molecule has 2 amide bonds. The number of ether oxygens (including phenoxy) is 1. The molecular formula is C29H32N4O3. The van der Waals surface area contributed by atoms with Crippen LogP contribution in [0.15, 0.2) is 60.8 Å². The molecule has 0 aliphatic carbocycles. The number of rotatable bonds is 4. The van der Waals surface area contributed by atoms with Gasteiger partial charge in [-0.25, -0.2) is 4.98 Å². The van der Waals surface area contributed by atoms with Crippen LogP contribution in [0, 0.1) is 6.92 Å². The molecule has 0 saturated carbocycles. The van der Waals surface area contributed by atoms with Crippen molar-refractivity contribution in [1.82, 2.24) is 9.88 Å². The summed E-state index contributed by atoms with van der Waals surface area (Å²) >= 11 is 0. The predicted molar refractivity (Wildman–Crippen MR) is 141 cm³/mol. The van der Waals surface area contributed by atoms with Crippen molar-refractivity contribution in [3.63, 3.8) is 0 Å². The highest BCUT2D eigenvalue weighted by Crippen LogP contribution is 2.41. The summed E-state index contributed by atoms with van der Waals surface area (Å²) in [6, 6.07) is 18.1. The van der Waals surface area contributed by atoms with Gasteiger partial charge in [0.25, 0.3) is 5.91 Å². The smallest absolute Gasteiger partial charge is 0.254 e. The van der Waals surface area contributed by atoms with Crippen LogP contribution in [-0.2, 0) is 9.53 Å². The van der Waals surface area contributed by atoms with Gasteiger partial charge in [0.1, 0.15) is 5.82 Å². The molecule has 1 aromatic heterocycles. The number of pyridine rings is 1. The molecule has 7 nitrogen and oxygen atoms in total. The summed E-state index contributed by atoms with van der Waals surface area (Å²) in [4.78, 5) is 33.6. The van der Waals surface area contributed by atoms with Crippen LogP contribution in [-0.4, -0.2) is 54.0 Å². The fourth-order valence-corrected chi connectivity index (χ4v) is 5.15. The van der Waals surface area contributed by atoms with E-state index in [1.807, 2.05) is 71.5 Å². The van der Waals surface area contributed by atoms with Gasteiger partial charge in [0.15, 0.2) is 0 Å². The van der Waals surface area contributed by atoms with Crippen LogP contribution in [0.3, 0.4) is 0 Å². The average Bonchev–Trinajstić information content (AvgIpc) is 2.90. The summed E-state index contributed by atoms with van der Waals surface area (Å²) in [5, 5.41) is 3.58. The molecule has 7 heteroatoms. The number of nitrogens with one attached hydrogen (secondary N) is 1. The SMILES string of the molecule is CC(=O)N1c2ccc(-c3ccc(C(=O)N4CCOCC4)cc3)cc2[C@H](Nc2ccc(C)cn2)C[C@@H]1C. The zero-order valence-electron chi connectivity index (χ0n) is 21.0. The van der Waals surface area contributed by atoms with Crippen molar-refractivity contribution in [3.05, 3.63) is 77.5 Å². The van der Waals surface area contributed by atoms with Gasteiger partial charge < -0.3 is 19.9 Å². The van der Waals surface area contributed by atoms with Crippen molar-refractivity contribution in [2.24, 2.45) is 0 Å². The molecular weight excluding hydrogens is 452 g/mol. The van der Waals surface area contributed by atoms with Crippen molar-refractivity contribution in [3.8, 4) is 11.1 Å². The molecule has 2 atom stereocenters. The molecule has 0 unspecified atom stereocenters. The van der Waals surface area contributed by atoms with E-state index in [9.17, 15) is 9.59 Å². The maximum atomic E-state index is 12.8. The Bertz CT molecular complexity index is 1250. The largest absolute Gasteiger partial charge is 0.378 e. The number of nitrogens with zero attached hydrogens (tertiary/aromatic N) is 3. The number of aryl methyl sites for hydroxylation is 1. The first-order valence-corrected chi connectivity index (χ1v) is 12.5. The monoisotopic (exact) mass is 484 g/mol. The number of morpholine rings is 1. The Hall–Kier alpha value is -3.71. The minimum Gasteiger partial charge on any atom is -0.378 e. The van der Waals surface area contributed by atoms with E-state index in [4.69, 9.17) is 4.74 Å². The summed E-state index contributed by atoms with van der Waals surface area (Å²) < 4.78 is 5.36. The third-order valence-corrected chi connectivity index (χ3v) is 7.02. The molecule has 5 rings (SSSR count). The maximum Gasteiger partial charge on any atom is 0.254 e. The summed E-state index contributed by atoms with van der Waals surface area (Å²) in [6.45, 7) is 8.14. The van der Waals surface area contributed by atoms with Crippen LogP contribution >= 0.6 is 0 Å². The molecule has 1 fully saturated rings. The van der Waals surface area contributed by atoms with E-state index in [1.165, 1.54) is 0 Å². The molecule has 36 heavy (non-hydrogen) atoms. The first-order chi connectivity index (χ1) is 17.4. The molecule has 186 valence electrons. The third kappa shape index (κ3) is 4.84. The van der Waals surface area contributed by atoms with Gasteiger partial charge in [-0.1, -0.05) is 24.3 Å². The van der Waals surface area contributed by atoms with E-state index in [2.05, 4.69) is 23.3 Å². The van der Waals surface area contributed by atoms with Gasteiger partial charge in [-0.05, 0) is 72.9 Å². The third-order valence-electron chi connectivity index (χ3n) is 7.02. The molecule has 0 bridgehead atoms. The number of fused-ring (bicyclic) bond motifs is 1. The predicted octanol–water partition coefficient (Wildman–Crippen LogP) is 4.83. The molecule has 0 radical (unpaired) electrons. The summed E-state index contributed by atoms with van der Waals surface area (Å²) in [5.41, 5.74) is 5.85. The fraction of sp³-hybridized carbons (Fsp3) is 0.345. The molecule has 3 aromatic rings. The molecule has 0 spiro atoms. The number of benzene rings is 2. The minimum atomic E-state index is 0.0166. The highest BCUT2D eigenvalue weighted by Gasteiger charge is 2.33. The normalized spacial score (nSPS) is 19.5. The second-order valence-corrected chi connectivity index (χ2v) is 9.65. The van der Waals surface area contributed by atoms with E-state index < -0.39 is 0 Å². The molecule has 2 aromatic carbocycles. The Kier molecular flexibility index (Phi) is 6.74. The fourth-order valence-electron chi connectivity index (χ4n) is 5.15. The van der Waals surface area contributed by atoms with Crippen molar-refractivity contribution >= 4 is 23.3 Å². The summed E-state index contributed by atoms with van der Waals surface area (Å²) in [7, 11) is 0. The van der Waals surface area contributed by atoms with Crippen LogP contribution in [0.1, 0.15) is 47.8 Å². The standard InChI is InChI=1S/C29H32N4O3/c1-19-4-11-28(30-18-19)31-26-16-20(2)33(21(3)34)27-10-9-24(17-25(26)27)22-5-7-23(8-6-22)29(35)32-12-14-36-15-13-32/h4-11,17-18,20,26H,12-16H2,1-3H3,(H,30,31)/t20-,26+/m0/s1. The van der Waals surface area contributed by atoms with E-state index >= 15 is 0 Å². The number of aromatic nitrogens is 1. The number of amides is 2. The van der Waals surface area contributed by atoms with Crippen LogP contribution < -0.4 is 10.2 Å². The molecule has 3 heterocycles. The molecule has 2 aliphatic rings. The number of anilines is 2. The van der Waals surface area contributed by atoms with Crippen molar-refractivity contribution < 1.29 is 14.3 Å². The molecule has 1 saturated heterocycles. The average molecular weight is 485 g/mol. The zero-order valence-corrected chi connectivity index (χ0v) is 21.0. The van der Waals surface area contributed by atoms with Gasteiger partial charge in [-0.15, -0.1) is 0 Å². The Morgan fingerprint density at radius 1 is 1.00 bits per heavy atom. The maximum absolute atomic E-state index is 12.8. The lowest BCUT2D eigenvalue weighted by atomic mass is 9.89. The van der Waals surface area contributed by atoms with Crippen LogP contribution in [0.2, 0.25) is 0 Å². The van der Waals surface area contributed by atoms with E-state index in [1.54, 1.807) is 6.92 Å². The number of carbonyl (C=O) groups is 2. The summed E-state index contributed by atoms with van der Waals surface area (Å²) in [6.07, 6.45) is 2.63. The topological polar surface area (TPSA) is 74.8 Å². The zero-order chi connectivity index (χ0) is 25.2. The second kappa shape index (κ2) is 10.1. The van der Waals surface area contributed by atoms with Crippen LogP contribution in [0.4, 0.5) is 11.5 Å². The Morgan fingerprint density at radius 2 is 1.72 bits per heavy atom. The van der Waals surface area contributed by atoms with Crippen LogP contribution in [0.5, 0.6) is 0 Å². The van der Waals surface area contributed by atoms with E-state index in [0.717, 1.165) is 40.2 Å². The van der Waals surface area contributed by atoms with Crippen LogP contribution in [0.25, 0.3) is 11.1 Å². The number of hydrogen-bond acceptors (Lipinski definition) is 5. The Labute approximate surface area is 212 Å². The highest BCUT2D eigenvalue weighted by atomic mass is 16.5. The Balaban J connectivity index is 1.45. The van der Waals surface area contributed by atoms with Gasteiger partial charge >= 0.3 is 0 Å². The number of carbonyl (C=O) groups excluding carboxylic acids is 2. The van der Waals surface area contributed by atoms with Gasteiger partial charge in [-0.2, -0.15) is 0 Å². The first-order valence-electron chi connectivity index (χ1n) is 12.5. The van der Waals surface area contributed by atoms with Crippen molar-refractivity contribution in [2.45, 2.75) is 39.3 Å². The minimum absolute atomic E-state index is 0.0166. The molecule has 2 aliphatic heterocycles. The van der Waals surface area contributed by atoms with E-state index in [0.29, 0.717) is 31.9 Å². The lowest BCUT2D eigenvalue weighted by Crippen LogP contribution is -2.43. The quantitative estimate of drug-likeness (QED) is 0.574. The van der Waals surface area contributed by atoms with E-state index in [-0.39, 0.29) is 23.9 Å². The first kappa shape index (κ1) is 24.0.